The summed E-state index contributed by atoms with van der Waals surface area (Å²) >= 11 is 0. The van der Waals surface area contributed by atoms with Crippen molar-refractivity contribution in [2.75, 3.05) is 5.01 Å². The van der Waals surface area contributed by atoms with Gasteiger partial charge in [0.15, 0.2) is 0 Å². The second-order valence-corrected chi connectivity index (χ2v) is 12.1. The lowest BCUT2D eigenvalue weighted by Crippen LogP contribution is -2.33. The summed E-state index contributed by atoms with van der Waals surface area (Å²) in [7, 11) is 0. The summed E-state index contributed by atoms with van der Waals surface area (Å²) in [4.78, 5) is 0. The molecule has 0 radical (unpaired) electrons. The third-order valence-electron chi connectivity index (χ3n) is 7.89. The first-order valence-corrected chi connectivity index (χ1v) is 14.3. The molecule has 4 nitrogen and oxygen atoms in total. The molecule has 202 valence electrons. The standard InChI is InChI=1S/C33H49N3O/c1-22(2)27-15-13-16-28(23(3)4)31(27)34-35-36(21-26(9)33(37)19-11-10-12-20-33)32-29(24(5)6)17-14-18-30(32)25(7)8/h13-18,21-25,37H,10-12,19-20H2,1-9H3/b26-21+,35-34?. The van der Waals surface area contributed by atoms with E-state index in [9.17, 15) is 5.11 Å². The first-order chi connectivity index (χ1) is 17.5. The maximum absolute atomic E-state index is 11.5. The number of hydrogen-bond donors (Lipinski definition) is 1. The molecular formula is C33H49N3O. The minimum absolute atomic E-state index is 0.326. The number of para-hydroxylation sites is 1. The van der Waals surface area contributed by atoms with Crippen molar-refractivity contribution in [3.8, 4) is 0 Å². The van der Waals surface area contributed by atoms with Crippen LogP contribution in [0.1, 0.15) is 140 Å². The number of benzene rings is 2. The zero-order chi connectivity index (χ0) is 27.3. The van der Waals surface area contributed by atoms with Crippen LogP contribution in [-0.4, -0.2) is 10.7 Å². The molecular weight excluding hydrogens is 454 g/mol. The Morgan fingerprint density at radius 2 is 1.19 bits per heavy atom. The van der Waals surface area contributed by atoms with Gasteiger partial charge in [-0.25, -0.2) is 5.01 Å². The number of rotatable bonds is 9. The van der Waals surface area contributed by atoms with Crippen molar-refractivity contribution in [2.45, 2.75) is 124 Å². The minimum atomic E-state index is -0.782. The molecule has 0 aromatic heterocycles. The summed E-state index contributed by atoms with van der Waals surface area (Å²) in [6, 6.07) is 13.0. The lowest BCUT2D eigenvalue weighted by Gasteiger charge is -2.34. The fourth-order valence-corrected chi connectivity index (χ4v) is 5.47. The monoisotopic (exact) mass is 503 g/mol. The van der Waals surface area contributed by atoms with E-state index < -0.39 is 5.60 Å². The summed E-state index contributed by atoms with van der Waals surface area (Å²) in [5.74, 6) is 1.34. The normalized spacial score (nSPS) is 16.5. The molecule has 37 heavy (non-hydrogen) atoms. The molecule has 0 bridgehead atoms. The predicted molar refractivity (Wildman–Crippen MR) is 158 cm³/mol. The molecule has 0 aliphatic heterocycles. The van der Waals surface area contributed by atoms with Crippen molar-refractivity contribution in [3.05, 3.63) is 70.4 Å². The fourth-order valence-electron chi connectivity index (χ4n) is 5.47. The number of nitrogens with zero attached hydrogens (tertiary/aromatic N) is 3. The van der Waals surface area contributed by atoms with Crippen LogP contribution in [0, 0.1) is 0 Å². The second kappa shape index (κ2) is 12.4. The van der Waals surface area contributed by atoms with Gasteiger partial charge in [-0.3, -0.25) is 0 Å². The van der Waals surface area contributed by atoms with Gasteiger partial charge in [0.2, 0.25) is 0 Å². The van der Waals surface area contributed by atoms with Crippen LogP contribution in [0.4, 0.5) is 11.4 Å². The van der Waals surface area contributed by atoms with E-state index in [0.717, 1.165) is 42.6 Å². The van der Waals surface area contributed by atoms with Crippen molar-refractivity contribution in [1.82, 2.24) is 0 Å². The van der Waals surface area contributed by atoms with Crippen LogP contribution in [0.3, 0.4) is 0 Å². The molecule has 0 unspecified atom stereocenters. The second-order valence-electron chi connectivity index (χ2n) is 12.1. The van der Waals surface area contributed by atoms with E-state index in [1.807, 2.05) is 5.01 Å². The average molecular weight is 504 g/mol. The number of anilines is 1. The maximum atomic E-state index is 11.5. The van der Waals surface area contributed by atoms with Gasteiger partial charge in [0.05, 0.1) is 17.0 Å². The topological polar surface area (TPSA) is 48.2 Å². The molecule has 1 aliphatic carbocycles. The molecule has 2 aromatic carbocycles. The Balaban J connectivity index is 2.25. The Morgan fingerprint density at radius 3 is 1.62 bits per heavy atom. The Morgan fingerprint density at radius 1 is 0.757 bits per heavy atom. The molecule has 3 rings (SSSR count). The quantitative estimate of drug-likeness (QED) is 0.273. The smallest absolute Gasteiger partial charge is 0.0943 e. The summed E-state index contributed by atoms with van der Waals surface area (Å²) in [5.41, 5.74) is 7.13. The van der Waals surface area contributed by atoms with Gasteiger partial charge in [0.1, 0.15) is 0 Å². The van der Waals surface area contributed by atoms with E-state index in [1.54, 1.807) is 0 Å². The van der Waals surface area contributed by atoms with Gasteiger partial charge in [0.25, 0.3) is 0 Å². The summed E-state index contributed by atoms with van der Waals surface area (Å²) < 4.78 is 0. The van der Waals surface area contributed by atoms with Crippen LogP contribution < -0.4 is 5.01 Å². The highest BCUT2D eigenvalue weighted by molar-refractivity contribution is 5.64. The van der Waals surface area contributed by atoms with Crippen molar-refractivity contribution in [2.24, 2.45) is 10.3 Å². The highest BCUT2D eigenvalue weighted by Gasteiger charge is 2.32. The average Bonchev–Trinajstić information content (AvgIpc) is 2.85. The van der Waals surface area contributed by atoms with Gasteiger partial charge in [-0.05, 0) is 71.3 Å². The van der Waals surface area contributed by atoms with Crippen molar-refractivity contribution in [3.63, 3.8) is 0 Å². The van der Waals surface area contributed by atoms with Gasteiger partial charge in [-0.1, -0.05) is 116 Å². The van der Waals surface area contributed by atoms with E-state index in [1.165, 1.54) is 28.7 Å². The first kappa shape index (κ1) is 29.1. The van der Waals surface area contributed by atoms with Crippen LogP contribution in [0.25, 0.3) is 0 Å². The van der Waals surface area contributed by atoms with Gasteiger partial charge in [0, 0.05) is 6.20 Å². The molecule has 1 saturated carbocycles. The Bertz CT molecular complexity index is 1050. The van der Waals surface area contributed by atoms with Gasteiger partial charge >= 0.3 is 0 Å². The molecule has 0 atom stereocenters. The van der Waals surface area contributed by atoms with Crippen LogP contribution in [-0.2, 0) is 0 Å². The zero-order valence-corrected chi connectivity index (χ0v) is 24.7. The largest absolute Gasteiger partial charge is 0.385 e. The van der Waals surface area contributed by atoms with Crippen molar-refractivity contribution in [1.29, 1.82) is 0 Å². The Kier molecular flexibility index (Phi) is 9.74. The van der Waals surface area contributed by atoms with E-state index in [4.69, 9.17) is 10.3 Å². The van der Waals surface area contributed by atoms with Crippen LogP contribution in [0.2, 0.25) is 0 Å². The first-order valence-electron chi connectivity index (χ1n) is 14.3. The Labute approximate surface area is 225 Å². The highest BCUT2D eigenvalue weighted by Crippen LogP contribution is 2.40. The molecule has 4 heteroatoms. The van der Waals surface area contributed by atoms with E-state index in [0.29, 0.717) is 23.7 Å². The van der Waals surface area contributed by atoms with Gasteiger partial charge < -0.3 is 5.11 Å². The lowest BCUT2D eigenvalue weighted by atomic mass is 9.80. The third-order valence-corrected chi connectivity index (χ3v) is 7.89. The molecule has 1 N–H and O–H groups in total. The number of hydrogen-bond acceptors (Lipinski definition) is 3. The zero-order valence-electron chi connectivity index (χ0n) is 24.7. The summed E-state index contributed by atoms with van der Waals surface area (Å²) in [6.45, 7) is 19.8. The lowest BCUT2D eigenvalue weighted by molar-refractivity contribution is 0.0393. The molecule has 1 fully saturated rings. The molecule has 0 spiro atoms. The van der Waals surface area contributed by atoms with Crippen molar-refractivity contribution >= 4 is 11.4 Å². The van der Waals surface area contributed by atoms with E-state index >= 15 is 0 Å². The van der Waals surface area contributed by atoms with Gasteiger partial charge in [-0.2, -0.15) is 0 Å². The van der Waals surface area contributed by atoms with E-state index in [2.05, 4.69) is 105 Å². The van der Waals surface area contributed by atoms with Crippen molar-refractivity contribution < 1.29 is 5.11 Å². The predicted octanol–water partition coefficient (Wildman–Crippen LogP) is 10.3. The van der Waals surface area contributed by atoms with Crippen LogP contribution >= 0.6 is 0 Å². The molecule has 0 amide bonds. The highest BCUT2D eigenvalue weighted by atomic mass is 16.3. The summed E-state index contributed by atoms with van der Waals surface area (Å²) in [5, 5.41) is 23.5. The summed E-state index contributed by atoms with van der Waals surface area (Å²) in [6.07, 6.45) is 6.96. The molecule has 2 aromatic rings. The fraction of sp³-hybridized carbons (Fsp3) is 0.576. The number of aliphatic hydroxyl groups is 1. The maximum Gasteiger partial charge on any atom is 0.0943 e. The molecule has 1 aliphatic rings. The minimum Gasteiger partial charge on any atom is -0.385 e. The van der Waals surface area contributed by atoms with Crippen LogP contribution in [0.15, 0.2) is 58.5 Å². The van der Waals surface area contributed by atoms with E-state index in [-0.39, 0.29) is 0 Å². The molecule has 0 saturated heterocycles. The molecule has 0 heterocycles. The Hall–Kier alpha value is -2.46. The van der Waals surface area contributed by atoms with Gasteiger partial charge in [-0.15, -0.1) is 5.11 Å². The third kappa shape index (κ3) is 6.71. The SMILES string of the molecule is C/C(=C\N(N=Nc1c(C(C)C)cccc1C(C)C)c1c(C(C)C)cccc1C(C)C)C1(O)CCCCC1. The van der Waals surface area contributed by atoms with Crippen LogP contribution in [0.5, 0.6) is 0 Å².